The summed E-state index contributed by atoms with van der Waals surface area (Å²) in [6, 6.07) is 2.61. The number of hydrogen-bond donors (Lipinski definition) is 1. The first-order valence-corrected chi connectivity index (χ1v) is 6.02. The van der Waals surface area contributed by atoms with Crippen molar-refractivity contribution in [1.82, 2.24) is 0 Å². The molecule has 0 aliphatic carbocycles. The second-order valence-electron chi connectivity index (χ2n) is 3.67. The molecule has 112 valence electrons. The minimum absolute atomic E-state index is 0.0397. The van der Waals surface area contributed by atoms with E-state index < -0.39 is 18.8 Å². The van der Waals surface area contributed by atoms with Crippen LogP contribution in [0.1, 0.15) is 10.4 Å². The maximum absolute atomic E-state index is 11.8. The standard InChI is InChI=1S/C11H10Cl2F3NO3/c12-8-4-6(17)3-7(9(8)13)10(18)20-2-1-19-5-11(14,15)16/h3-4H,1-2,5,17H2. The average molecular weight is 332 g/mol. The van der Waals surface area contributed by atoms with Crippen LogP contribution in [0.2, 0.25) is 10.0 Å². The van der Waals surface area contributed by atoms with Gasteiger partial charge < -0.3 is 15.2 Å². The van der Waals surface area contributed by atoms with Gasteiger partial charge in [-0.05, 0) is 12.1 Å². The van der Waals surface area contributed by atoms with Crippen molar-refractivity contribution in [2.45, 2.75) is 6.18 Å². The van der Waals surface area contributed by atoms with Crippen LogP contribution in [0, 0.1) is 0 Å². The molecule has 0 fully saturated rings. The number of nitrogen functional groups attached to an aromatic ring is 1. The smallest absolute Gasteiger partial charge is 0.411 e. The van der Waals surface area contributed by atoms with Crippen molar-refractivity contribution in [3.05, 3.63) is 27.7 Å². The van der Waals surface area contributed by atoms with E-state index in [9.17, 15) is 18.0 Å². The van der Waals surface area contributed by atoms with Gasteiger partial charge in [-0.3, -0.25) is 0 Å². The van der Waals surface area contributed by atoms with Crippen LogP contribution in [0.4, 0.5) is 18.9 Å². The number of carbonyl (C=O) groups excluding carboxylic acids is 1. The molecular weight excluding hydrogens is 322 g/mol. The molecule has 9 heteroatoms. The lowest BCUT2D eigenvalue weighted by molar-refractivity contribution is -0.175. The van der Waals surface area contributed by atoms with Crippen molar-refractivity contribution in [3.63, 3.8) is 0 Å². The van der Waals surface area contributed by atoms with Gasteiger partial charge in [-0.2, -0.15) is 13.2 Å². The van der Waals surface area contributed by atoms with E-state index in [0.29, 0.717) is 0 Å². The van der Waals surface area contributed by atoms with Crippen molar-refractivity contribution in [3.8, 4) is 0 Å². The SMILES string of the molecule is Nc1cc(Cl)c(Cl)c(C(=O)OCCOCC(F)(F)F)c1. The van der Waals surface area contributed by atoms with Crippen LogP contribution in [0.5, 0.6) is 0 Å². The van der Waals surface area contributed by atoms with Gasteiger partial charge in [-0.1, -0.05) is 23.2 Å². The second kappa shape index (κ2) is 7.01. The quantitative estimate of drug-likeness (QED) is 0.510. The van der Waals surface area contributed by atoms with Crippen LogP contribution >= 0.6 is 23.2 Å². The van der Waals surface area contributed by atoms with E-state index >= 15 is 0 Å². The Morgan fingerprint density at radius 3 is 2.50 bits per heavy atom. The van der Waals surface area contributed by atoms with Crippen molar-refractivity contribution in [2.24, 2.45) is 0 Å². The monoisotopic (exact) mass is 331 g/mol. The molecule has 1 aromatic carbocycles. The average Bonchev–Trinajstić information content (AvgIpc) is 2.31. The Labute approximate surface area is 122 Å². The van der Waals surface area contributed by atoms with E-state index in [1.54, 1.807) is 0 Å². The van der Waals surface area contributed by atoms with E-state index in [1.807, 2.05) is 0 Å². The molecular formula is C11H10Cl2F3NO3. The summed E-state index contributed by atoms with van der Waals surface area (Å²) in [5.74, 6) is -0.847. The van der Waals surface area contributed by atoms with Gasteiger partial charge in [0, 0.05) is 5.69 Å². The molecule has 0 aromatic heterocycles. The highest BCUT2D eigenvalue weighted by Gasteiger charge is 2.27. The molecule has 1 rings (SSSR count). The molecule has 0 unspecified atom stereocenters. The van der Waals surface area contributed by atoms with Crippen LogP contribution in [-0.4, -0.2) is 32.0 Å². The Hall–Kier alpha value is -1.18. The number of esters is 1. The van der Waals surface area contributed by atoms with Gasteiger partial charge in [0.2, 0.25) is 0 Å². The summed E-state index contributed by atoms with van der Waals surface area (Å²) < 4.78 is 44.3. The van der Waals surface area contributed by atoms with E-state index in [4.69, 9.17) is 33.7 Å². The first-order chi connectivity index (χ1) is 9.20. The summed E-state index contributed by atoms with van der Waals surface area (Å²) in [6.07, 6.45) is -4.42. The van der Waals surface area contributed by atoms with Crippen molar-refractivity contribution < 1.29 is 27.4 Å². The molecule has 0 saturated heterocycles. The molecule has 4 nitrogen and oxygen atoms in total. The Balaban J connectivity index is 2.48. The summed E-state index contributed by atoms with van der Waals surface area (Å²) in [7, 11) is 0. The highest BCUT2D eigenvalue weighted by Crippen LogP contribution is 2.29. The number of carbonyl (C=O) groups is 1. The van der Waals surface area contributed by atoms with Gasteiger partial charge in [0.1, 0.15) is 13.2 Å². The maximum atomic E-state index is 11.8. The molecule has 0 aliphatic heterocycles. The highest BCUT2D eigenvalue weighted by molar-refractivity contribution is 6.44. The number of ether oxygens (including phenoxy) is 2. The lowest BCUT2D eigenvalue weighted by Gasteiger charge is -2.09. The summed E-state index contributed by atoms with van der Waals surface area (Å²) >= 11 is 11.5. The fourth-order valence-corrected chi connectivity index (χ4v) is 1.63. The summed E-state index contributed by atoms with van der Waals surface area (Å²) in [6.45, 7) is -2.15. The topological polar surface area (TPSA) is 61.6 Å². The Morgan fingerprint density at radius 2 is 1.90 bits per heavy atom. The molecule has 0 atom stereocenters. The predicted octanol–water partition coefficient (Wildman–Crippen LogP) is 3.31. The van der Waals surface area contributed by atoms with Gasteiger partial charge in [-0.25, -0.2) is 4.79 Å². The molecule has 0 heterocycles. The first-order valence-electron chi connectivity index (χ1n) is 5.27. The van der Waals surface area contributed by atoms with Crippen molar-refractivity contribution >= 4 is 34.9 Å². The zero-order valence-corrected chi connectivity index (χ0v) is 11.5. The molecule has 0 amide bonds. The Kier molecular flexibility index (Phi) is 5.91. The normalized spacial score (nSPS) is 11.4. The van der Waals surface area contributed by atoms with E-state index in [-0.39, 0.29) is 34.5 Å². The molecule has 0 spiro atoms. The number of anilines is 1. The number of hydrogen-bond acceptors (Lipinski definition) is 4. The maximum Gasteiger partial charge on any atom is 0.411 e. The van der Waals surface area contributed by atoms with Crippen molar-refractivity contribution in [1.29, 1.82) is 0 Å². The number of halogens is 5. The summed E-state index contributed by atoms with van der Waals surface area (Å²) in [5, 5.41) is 0.0361. The summed E-state index contributed by atoms with van der Waals surface area (Å²) in [5.41, 5.74) is 5.64. The first kappa shape index (κ1) is 16.9. The van der Waals surface area contributed by atoms with Gasteiger partial charge in [0.15, 0.2) is 0 Å². The van der Waals surface area contributed by atoms with E-state index in [1.165, 1.54) is 12.1 Å². The Morgan fingerprint density at radius 1 is 1.25 bits per heavy atom. The lowest BCUT2D eigenvalue weighted by atomic mass is 10.2. The Bertz CT molecular complexity index is 495. The highest BCUT2D eigenvalue weighted by atomic mass is 35.5. The zero-order chi connectivity index (χ0) is 15.3. The zero-order valence-electron chi connectivity index (χ0n) is 9.97. The van der Waals surface area contributed by atoms with Crippen LogP contribution in [-0.2, 0) is 9.47 Å². The fourth-order valence-electron chi connectivity index (χ4n) is 1.22. The molecule has 2 N–H and O–H groups in total. The third-order valence-electron chi connectivity index (χ3n) is 2.00. The van der Waals surface area contributed by atoms with Crippen molar-refractivity contribution in [2.75, 3.05) is 25.6 Å². The molecule has 0 saturated carbocycles. The van der Waals surface area contributed by atoms with E-state index in [2.05, 4.69) is 4.74 Å². The third-order valence-corrected chi connectivity index (χ3v) is 2.80. The van der Waals surface area contributed by atoms with Gasteiger partial charge in [-0.15, -0.1) is 0 Å². The minimum atomic E-state index is -4.42. The number of rotatable bonds is 5. The van der Waals surface area contributed by atoms with Crippen LogP contribution in [0.15, 0.2) is 12.1 Å². The van der Waals surface area contributed by atoms with Crippen LogP contribution < -0.4 is 5.73 Å². The van der Waals surface area contributed by atoms with Gasteiger partial charge in [0.05, 0.1) is 22.2 Å². The molecule has 20 heavy (non-hydrogen) atoms. The molecule has 0 aliphatic rings. The van der Waals surface area contributed by atoms with Crippen LogP contribution in [0.25, 0.3) is 0 Å². The van der Waals surface area contributed by atoms with E-state index in [0.717, 1.165) is 0 Å². The van der Waals surface area contributed by atoms with Crippen LogP contribution in [0.3, 0.4) is 0 Å². The molecule has 1 aromatic rings. The minimum Gasteiger partial charge on any atom is -0.460 e. The largest absolute Gasteiger partial charge is 0.460 e. The van der Waals surface area contributed by atoms with Gasteiger partial charge >= 0.3 is 12.1 Å². The second-order valence-corrected chi connectivity index (χ2v) is 4.45. The summed E-state index contributed by atoms with van der Waals surface area (Å²) in [4.78, 5) is 11.6. The third kappa shape index (κ3) is 5.44. The predicted molar refractivity (Wildman–Crippen MR) is 68.0 cm³/mol. The molecule has 0 bridgehead atoms. The number of nitrogens with two attached hydrogens (primary N) is 1. The lowest BCUT2D eigenvalue weighted by Crippen LogP contribution is -2.19. The molecule has 0 radical (unpaired) electrons. The van der Waals surface area contributed by atoms with Gasteiger partial charge in [0.25, 0.3) is 0 Å². The number of alkyl halides is 3. The number of benzene rings is 1. The fraction of sp³-hybridized carbons (Fsp3) is 0.364.